The van der Waals surface area contributed by atoms with Crippen molar-refractivity contribution in [2.75, 3.05) is 0 Å². The monoisotopic (exact) mass is 378 g/mol. The fourth-order valence-electron chi connectivity index (χ4n) is 2.55. The van der Waals surface area contributed by atoms with E-state index in [-0.39, 0.29) is 16.5 Å². The summed E-state index contributed by atoms with van der Waals surface area (Å²) in [5, 5.41) is 0. The molecule has 2 nitrogen and oxygen atoms in total. The van der Waals surface area contributed by atoms with E-state index in [1.165, 1.54) is 11.1 Å². The van der Waals surface area contributed by atoms with Gasteiger partial charge in [0.1, 0.15) is 0 Å². The summed E-state index contributed by atoms with van der Waals surface area (Å²) in [6, 6.07) is 16.7. The molecule has 0 unspecified atom stereocenters. The van der Waals surface area contributed by atoms with E-state index in [0.29, 0.717) is 0 Å². The van der Waals surface area contributed by atoms with Crippen LogP contribution < -0.4 is 0 Å². The van der Waals surface area contributed by atoms with Crippen molar-refractivity contribution in [2.24, 2.45) is 9.98 Å². The second-order valence-electron chi connectivity index (χ2n) is 6.02. The predicted octanol–water partition coefficient (Wildman–Crippen LogP) is 6.47. The summed E-state index contributed by atoms with van der Waals surface area (Å²) in [6.45, 7) is 6.58. The number of hydrogen-bond donors (Lipinski definition) is 0. The minimum absolute atomic E-state index is 0. The molecule has 0 amide bonds. The van der Waals surface area contributed by atoms with Gasteiger partial charge in [-0.15, -0.1) is 0 Å². The van der Waals surface area contributed by atoms with E-state index >= 15 is 0 Å². The van der Waals surface area contributed by atoms with Gasteiger partial charge in [-0.2, -0.15) is 0 Å². The van der Waals surface area contributed by atoms with Crippen molar-refractivity contribution in [3.8, 4) is 0 Å². The third kappa shape index (κ3) is 7.36. The smallest absolute Gasteiger partial charge is 0.0635 e. The first-order valence-electron chi connectivity index (χ1n) is 9.04. The quantitative estimate of drug-likeness (QED) is 0.371. The molecular weight excluding hydrogens is 351 g/mol. The number of rotatable bonds is 8. The minimum Gasteiger partial charge on any atom is -0.255 e. The second-order valence-corrected chi connectivity index (χ2v) is 6.02. The average Bonchev–Trinajstić information content (AvgIpc) is 2.64. The number of unbranched alkanes of at least 4 members (excludes halogenated alkanes) is 1. The Labute approximate surface area is 162 Å². The number of para-hydroxylation sites is 1. The van der Waals surface area contributed by atoms with Gasteiger partial charge in [-0.05, 0) is 61.1 Å². The topological polar surface area (TPSA) is 24.7 Å². The Morgan fingerprint density at radius 2 is 1.52 bits per heavy atom. The molecule has 0 aliphatic heterocycles. The van der Waals surface area contributed by atoms with Crippen molar-refractivity contribution in [2.45, 2.75) is 52.9 Å². The van der Waals surface area contributed by atoms with Crippen LogP contribution in [0.5, 0.6) is 0 Å². The molecule has 0 N–H and O–H groups in total. The SMILES string of the molecule is CCCCC(/C=N/c1cc(CC)cc(CC)c1)=N\c1ccccc1.[Ni]. The molecule has 0 spiro atoms. The second kappa shape index (κ2) is 11.8. The largest absolute Gasteiger partial charge is 0.255 e. The maximum absolute atomic E-state index is 4.76. The van der Waals surface area contributed by atoms with Crippen molar-refractivity contribution in [3.63, 3.8) is 0 Å². The first-order chi connectivity index (χ1) is 11.7. The van der Waals surface area contributed by atoms with Gasteiger partial charge in [-0.25, -0.2) is 0 Å². The van der Waals surface area contributed by atoms with Gasteiger partial charge in [-0.3, -0.25) is 9.98 Å². The van der Waals surface area contributed by atoms with Crippen LogP contribution in [0.15, 0.2) is 58.5 Å². The van der Waals surface area contributed by atoms with Crippen LogP contribution in [-0.4, -0.2) is 11.9 Å². The minimum atomic E-state index is 0. The molecule has 0 aliphatic rings. The number of aryl methyl sites for hydroxylation is 2. The molecule has 2 aromatic rings. The van der Waals surface area contributed by atoms with Crippen molar-refractivity contribution < 1.29 is 16.5 Å². The predicted molar refractivity (Wildman–Crippen MR) is 106 cm³/mol. The third-order valence-electron chi connectivity index (χ3n) is 4.03. The Bertz CT molecular complexity index is 668. The van der Waals surface area contributed by atoms with Gasteiger partial charge in [0.2, 0.25) is 0 Å². The maximum atomic E-state index is 4.76. The summed E-state index contributed by atoms with van der Waals surface area (Å²) in [5.74, 6) is 0. The van der Waals surface area contributed by atoms with Gasteiger partial charge >= 0.3 is 0 Å². The van der Waals surface area contributed by atoms with E-state index in [0.717, 1.165) is 49.2 Å². The van der Waals surface area contributed by atoms with Crippen molar-refractivity contribution in [3.05, 3.63) is 59.7 Å². The summed E-state index contributed by atoms with van der Waals surface area (Å²) in [5.41, 5.74) is 5.76. The van der Waals surface area contributed by atoms with Crippen molar-refractivity contribution in [1.29, 1.82) is 0 Å². The molecule has 136 valence electrons. The summed E-state index contributed by atoms with van der Waals surface area (Å²) < 4.78 is 0. The van der Waals surface area contributed by atoms with Crippen LogP contribution in [0, 0.1) is 0 Å². The fourth-order valence-corrected chi connectivity index (χ4v) is 2.55. The van der Waals surface area contributed by atoms with Crippen LogP contribution >= 0.6 is 0 Å². The van der Waals surface area contributed by atoms with Gasteiger partial charge in [0.05, 0.1) is 17.1 Å². The van der Waals surface area contributed by atoms with Crippen molar-refractivity contribution in [1.82, 2.24) is 0 Å². The van der Waals surface area contributed by atoms with E-state index in [1.807, 2.05) is 36.5 Å². The van der Waals surface area contributed by atoms with Gasteiger partial charge in [0.15, 0.2) is 0 Å². The molecule has 0 fully saturated rings. The molecule has 0 bridgehead atoms. The van der Waals surface area contributed by atoms with E-state index in [9.17, 15) is 0 Å². The summed E-state index contributed by atoms with van der Waals surface area (Å²) in [6.07, 6.45) is 7.27. The summed E-state index contributed by atoms with van der Waals surface area (Å²) in [7, 11) is 0. The van der Waals surface area contributed by atoms with Crippen LogP contribution in [0.2, 0.25) is 0 Å². The van der Waals surface area contributed by atoms with Crippen LogP contribution in [-0.2, 0) is 29.3 Å². The summed E-state index contributed by atoms with van der Waals surface area (Å²) in [4.78, 5) is 9.48. The van der Waals surface area contributed by atoms with Gasteiger partial charge in [0.25, 0.3) is 0 Å². The molecule has 0 aromatic heterocycles. The molecule has 25 heavy (non-hydrogen) atoms. The summed E-state index contributed by atoms with van der Waals surface area (Å²) >= 11 is 0. The number of hydrogen-bond acceptors (Lipinski definition) is 2. The molecule has 3 heteroatoms. The zero-order valence-corrected chi connectivity index (χ0v) is 16.4. The Morgan fingerprint density at radius 1 is 0.880 bits per heavy atom. The van der Waals surface area contributed by atoms with Crippen LogP contribution in [0.1, 0.15) is 51.2 Å². The molecule has 0 atom stereocenters. The Balaban J connectivity index is 0.00000312. The molecule has 2 rings (SSSR count). The molecule has 0 saturated carbocycles. The first-order valence-corrected chi connectivity index (χ1v) is 9.04. The molecule has 0 radical (unpaired) electrons. The molecule has 0 heterocycles. The van der Waals surface area contributed by atoms with E-state index in [4.69, 9.17) is 9.98 Å². The van der Waals surface area contributed by atoms with E-state index in [1.54, 1.807) is 0 Å². The average molecular weight is 379 g/mol. The fraction of sp³-hybridized carbons (Fsp3) is 0.364. The van der Waals surface area contributed by atoms with E-state index < -0.39 is 0 Å². The number of benzene rings is 2. The molecule has 0 aliphatic carbocycles. The Morgan fingerprint density at radius 3 is 2.08 bits per heavy atom. The normalized spacial score (nSPS) is 11.6. The Hall–Kier alpha value is -1.73. The van der Waals surface area contributed by atoms with E-state index in [2.05, 4.69) is 39.0 Å². The first kappa shape index (κ1) is 21.3. The maximum Gasteiger partial charge on any atom is 0.0635 e. The zero-order chi connectivity index (χ0) is 17.2. The van der Waals surface area contributed by atoms with Gasteiger partial charge in [-0.1, -0.05) is 51.5 Å². The third-order valence-corrected chi connectivity index (χ3v) is 4.03. The van der Waals surface area contributed by atoms with Gasteiger partial charge in [0, 0.05) is 22.7 Å². The van der Waals surface area contributed by atoms with Crippen LogP contribution in [0.3, 0.4) is 0 Å². The van der Waals surface area contributed by atoms with Gasteiger partial charge < -0.3 is 0 Å². The standard InChI is InChI=1S/C22H28N2.Ni/c1-4-7-11-21(24-20-12-9-8-10-13-20)17-23-22-15-18(5-2)14-19(6-3)16-22;/h8-10,12-17H,4-7,11H2,1-3H3;/b23-17+,24-21+;. The molecule has 0 saturated heterocycles. The van der Waals surface area contributed by atoms with Crippen LogP contribution in [0.4, 0.5) is 11.4 Å². The molecule has 2 aromatic carbocycles. The Kier molecular flexibility index (Phi) is 10.0. The molecular formula is C22H28N2Ni. The zero-order valence-electron chi connectivity index (χ0n) is 15.4. The number of aliphatic imine (C=N–C) groups is 2. The van der Waals surface area contributed by atoms with Crippen molar-refractivity contribution >= 4 is 23.3 Å². The van der Waals surface area contributed by atoms with Crippen LogP contribution in [0.25, 0.3) is 0 Å². The number of nitrogens with zero attached hydrogens (tertiary/aromatic N) is 2.